The van der Waals surface area contributed by atoms with Gasteiger partial charge in [-0.05, 0) is 19.3 Å². The highest BCUT2D eigenvalue weighted by molar-refractivity contribution is 5.90. The van der Waals surface area contributed by atoms with Crippen molar-refractivity contribution in [2.45, 2.75) is 30.8 Å². The molecule has 4 N–H and O–H groups in total. The number of ether oxygens (including phenoxy) is 1. The molecule has 6 nitrogen and oxygen atoms in total. The molecule has 1 unspecified atom stereocenters. The molecule has 0 heterocycles. The molecule has 1 aliphatic carbocycles. The molecule has 0 radical (unpaired) electrons. The lowest BCUT2D eigenvalue weighted by Crippen LogP contribution is -2.62. The number of hydrogen-bond acceptors (Lipinski definition) is 4. The maximum absolute atomic E-state index is 11.5. The molecular formula is C9H16N2O4. The minimum atomic E-state index is -1.09. The Labute approximate surface area is 87.8 Å². The molecule has 1 aliphatic rings. The first kappa shape index (κ1) is 11.9. The maximum atomic E-state index is 11.5. The summed E-state index contributed by atoms with van der Waals surface area (Å²) in [5.74, 6) is -1.47. The quantitative estimate of drug-likeness (QED) is 0.552. The smallest absolute Gasteiger partial charge is 0.329 e. The Morgan fingerprint density at radius 1 is 1.60 bits per heavy atom. The number of nitrogens with two attached hydrogens (primary N) is 1. The van der Waals surface area contributed by atoms with Crippen LogP contribution in [0.5, 0.6) is 0 Å². The molecule has 0 aromatic rings. The molecule has 1 fully saturated rings. The second-order valence-electron chi connectivity index (χ2n) is 3.79. The number of carboxylic acids is 1. The van der Waals surface area contributed by atoms with Crippen molar-refractivity contribution < 1.29 is 19.4 Å². The van der Waals surface area contributed by atoms with Crippen molar-refractivity contribution in [3.05, 3.63) is 0 Å². The topological polar surface area (TPSA) is 102 Å². The maximum Gasteiger partial charge on any atom is 0.329 e. The Morgan fingerprint density at radius 3 is 2.53 bits per heavy atom. The molecule has 0 spiro atoms. The van der Waals surface area contributed by atoms with Crippen LogP contribution in [0.2, 0.25) is 0 Å². The van der Waals surface area contributed by atoms with Crippen LogP contribution in [0.1, 0.15) is 19.3 Å². The van der Waals surface area contributed by atoms with Crippen molar-refractivity contribution >= 4 is 11.9 Å². The second kappa shape index (κ2) is 4.59. The van der Waals surface area contributed by atoms with Gasteiger partial charge in [0.25, 0.3) is 0 Å². The van der Waals surface area contributed by atoms with Gasteiger partial charge < -0.3 is 20.9 Å². The van der Waals surface area contributed by atoms with Crippen LogP contribution in [0.3, 0.4) is 0 Å². The van der Waals surface area contributed by atoms with E-state index in [9.17, 15) is 9.59 Å². The van der Waals surface area contributed by atoms with Gasteiger partial charge in [0.15, 0.2) is 0 Å². The molecule has 0 aromatic carbocycles. The fourth-order valence-electron chi connectivity index (χ4n) is 1.51. The molecule has 15 heavy (non-hydrogen) atoms. The lowest BCUT2D eigenvalue weighted by atomic mass is 9.76. The third-order valence-electron chi connectivity index (χ3n) is 2.66. The van der Waals surface area contributed by atoms with Gasteiger partial charge >= 0.3 is 5.97 Å². The number of carboxylic acid groups (broad SMARTS) is 1. The Bertz CT molecular complexity index is 263. The first-order chi connectivity index (χ1) is 7.02. The molecule has 1 atom stereocenters. The number of aliphatic carboxylic acids is 1. The van der Waals surface area contributed by atoms with Gasteiger partial charge in [0.2, 0.25) is 5.91 Å². The summed E-state index contributed by atoms with van der Waals surface area (Å²) in [7, 11) is 1.43. The van der Waals surface area contributed by atoms with Gasteiger partial charge in [-0.3, -0.25) is 4.79 Å². The third kappa shape index (κ3) is 2.45. The predicted molar refractivity (Wildman–Crippen MR) is 52.2 cm³/mol. The van der Waals surface area contributed by atoms with E-state index in [-0.39, 0.29) is 6.61 Å². The van der Waals surface area contributed by atoms with E-state index in [1.54, 1.807) is 0 Å². The van der Waals surface area contributed by atoms with Gasteiger partial charge in [-0.2, -0.15) is 0 Å². The van der Waals surface area contributed by atoms with Gasteiger partial charge in [-0.15, -0.1) is 0 Å². The summed E-state index contributed by atoms with van der Waals surface area (Å²) in [6.45, 7) is 0.0849. The number of nitrogens with one attached hydrogen (secondary N) is 1. The third-order valence-corrected chi connectivity index (χ3v) is 2.66. The van der Waals surface area contributed by atoms with Gasteiger partial charge in [-0.25, -0.2) is 4.79 Å². The van der Waals surface area contributed by atoms with Crippen molar-refractivity contribution in [2.24, 2.45) is 5.73 Å². The van der Waals surface area contributed by atoms with E-state index in [0.29, 0.717) is 12.8 Å². The molecule has 1 amide bonds. The van der Waals surface area contributed by atoms with Crippen LogP contribution in [-0.4, -0.2) is 42.3 Å². The van der Waals surface area contributed by atoms with E-state index in [2.05, 4.69) is 5.32 Å². The Hall–Kier alpha value is -1.14. The molecule has 86 valence electrons. The van der Waals surface area contributed by atoms with E-state index >= 15 is 0 Å². The summed E-state index contributed by atoms with van der Waals surface area (Å²) in [5, 5.41) is 11.4. The Kier molecular flexibility index (Phi) is 3.65. The normalized spacial score (nSPS) is 20.1. The molecule has 0 aliphatic heterocycles. The van der Waals surface area contributed by atoms with E-state index in [4.69, 9.17) is 15.6 Å². The highest BCUT2D eigenvalue weighted by Gasteiger charge is 2.46. The van der Waals surface area contributed by atoms with Crippen molar-refractivity contribution in [2.75, 3.05) is 13.7 Å². The van der Waals surface area contributed by atoms with Crippen LogP contribution in [0.15, 0.2) is 0 Å². The van der Waals surface area contributed by atoms with Gasteiger partial charge in [0, 0.05) is 7.11 Å². The van der Waals surface area contributed by atoms with Crippen molar-refractivity contribution in [3.8, 4) is 0 Å². The molecule has 0 aromatic heterocycles. The van der Waals surface area contributed by atoms with Crippen LogP contribution < -0.4 is 11.1 Å². The zero-order chi connectivity index (χ0) is 11.5. The van der Waals surface area contributed by atoms with E-state index in [1.165, 1.54) is 7.11 Å². The Morgan fingerprint density at radius 2 is 2.20 bits per heavy atom. The second-order valence-corrected chi connectivity index (χ2v) is 3.79. The number of hydrogen-bond donors (Lipinski definition) is 3. The molecule has 0 bridgehead atoms. The standard InChI is InChI=1S/C9H16N2O4/c1-15-5-6(10)7(12)11-9(8(13)14)3-2-4-9/h6H,2-5,10H2,1H3,(H,11,12)(H,13,14). The highest BCUT2D eigenvalue weighted by Crippen LogP contribution is 2.31. The predicted octanol–water partition coefficient (Wildman–Crippen LogP) is -0.916. The first-order valence-corrected chi connectivity index (χ1v) is 4.82. The van der Waals surface area contributed by atoms with Crippen molar-refractivity contribution in [1.29, 1.82) is 0 Å². The Balaban J connectivity index is 2.52. The molecular weight excluding hydrogens is 200 g/mol. The zero-order valence-corrected chi connectivity index (χ0v) is 8.66. The summed E-state index contributed by atoms with van der Waals surface area (Å²) in [4.78, 5) is 22.4. The van der Waals surface area contributed by atoms with Crippen molar-refractivity contribution in [3.63, 3.8) is 0 Å². The minimum absolute atomic E-state index is 0.0849. The SMILES string of the molecule is COCC(N)C(=O)NC1(C(=O)O)CCC1. The summed E-state index contributed by atoms with van der Waals surface area (Å²) in [5.41, 5.74) is 4.39. The van der Waals surface area contributed by atoms with Crippen LogP contribution in [-0.2, 0) is 14.3 Å². The van der Waals surface area contributed by atoms with Gasteiger partial charge in [0.05, 0.1) is 6.61 Å². The van der Waals surface area contributed by atoms with Gasteiger partial charge in [-0.1, -0.05) is 0 Å². The molecule has 6 heteroatoms. The lowest BCUT2D eigenvalue weighted by Gasteiger charge is -2.38. The fraction of sp³-hybridized carbons (Fsp3) is 0.778. The largest absolute Gasteiger partial charge is 0.480 e. The van der Waals surface area contributed by atoms with Crippen LogP contribution in [0, 0.1) is 0 Å². The van der Waals surface area contributed by atoms with Crippen LogP contribution in [0.4, 0.5) is 0 Å². The summed E-state index contributed by atoms with van der Waals surface area (Å²) < 4.78 is 4.72. The number of carbonyl (C=O) groups excluding carboxylic acids is 1. The average molecular weight is 216 g/mol. The summed E-state index contributed by atoms with van der Waals surface area (Å²) in [6, 6.07) is -0.813. The molecule has 1 rings (SSSR count). The summed E-state index contributed by atoms with van der Waals surface area (Å²) in [6.07, 6.45) is 1.74. The molecule has 1 saturated carbocycles. The highest BCUT2D eigenvalue weighted by atomic mass is 16.5. The zero-order valence-electron chi connectivity index (χ0n) is 8.66. The van der Waals surface area contributed by atoms with E-state index in [0.717, 1.165) is 6.42 Å². The lowest BCUT2D eigenvalue weighted by molar-refractivity contribution is -0.152. The summed E-state index contributed by atoms with van der Waals surface area (Å²) >= 11 is 0. The van der Waals surface area contributed by atoms with Gasteiger partial charge in [0.1, 0.15) is 11.6 Å². The number of carbonyl (C=O) groups is 2. The number of rotatable bonds is 5. The molecule has 0 saturated heterocycles. The monoisotopic (exact) mass is 216 g/mol. The number of amides is 1. The first-order valence-electron chi connectivity index (χ1n) is 4.82. The van der Waals surface area contributed by atoms with Crippen LogP contribution >= 0.6 is 0 Å². The average Bonchev–Trinajstić information content (AvgIpc) is 2.10. The van der Waals surface area contributed by atoms with Crippen LogP contribution in [0.25, 0.3) is 0 Å². The van der Waals surface area contributed by atoms with E-state index < -0.39 is 23.5 Å². The number of methoxy groups -OCH3 is 1. The van der Waals surface area contributed by atoms with Crippen molar-refractivity contribution in [1.82, 2.24) is 5.32 Å². The minimum Gasteiger partial charge on any atom is -0.480 e. The van der Waals surface area contributed by atoms with E-state index in [1.807, 2.05) is 0 Å². The fourth-order valence-corrected chi connectivity index (χ4v) is 1.51.